The van der Waals surface area contributed by atoms with Gasteiger partial charge in [-0.25, -0.2) is 4.79 Å². The lowest BCUT2D eigenvalue weighted by molar-refractivity contribution is -0.155. The molecular formula is C19H34N2O3. The molecule has 0 aromatic heterocycles. The molecule has 0 bridgehead atoms. The summed E-state index contributed by atoms with van der Waals surface area (Å²) in [5.41, 5.74) is 5.80. The first-order valence-corrected chi connectivity index (χ1v) is 9.80. The van der Waals surface area contributed by atoms with E-state index in [1.54, 1.807) is 11.8 Å². The van der Waals surface area contributed by atoms with Gasteiger partial charge in [0, 0.05) is 6.04 Å². The zero-order chi connectivity index (χ0) is 17.5. The van der Waals surface area contributed by atoms with Crippen molar-refractivity contribution >= 4 is 11.9 Å². The molecule has 0 radical (unpaired) electrons. The molecule has 0 aromatic rings. The van der Waals surface area contributed by atoms with Gasteiger partial charge in [-0.3, -0.25) is 4.79 Å². The van der Waals surface area contributed by atoms with Crippen LogP contribution in [0.4, 0.5) is 0 Å². The molecule has 2 N–H and O–H groups in total. The standard InChI is InChI=1S/C19H34N2O3/c1-3-4-5-6-7-8-12-24-19(23)17-13-15-10-9-11-16(15)21(17)18(22)14(2)20/h14-17H,3-13,20H2,1-2H3/t14-,15-,16-,17-/m0/s1. The summed E-state index contributed by atoms with van der Waals surface area (Å²) in [6, 6.07) is -0.785. The van der Waals surface area contributed by atoms with Crippen LogP contribution in [-0.2, 0) is 14.3 Å². The fourth-order valence-corrected chi connectivity index (χ4v) is 4.20. The predicted octanol–water partition coefficient (Wildman–Crippen LogP) is 3.01. The van der Waals surface area contributed by atoms with Crippen LogP contribution in [0.25, 0.3) is 0 Å². The SMILES string of the molecule is CCCCCCCCOC(=O)[C@@H]1C[C@@H]2CCC[C@@H]2N1C(=O)[C@H](C)N. The van der Waals surface area contributed by atoms with Crippen LogP contribution in [0.15, 0.2) is 0 Å². The zero-order valence-corrected chi connectivity index (χ0v) is 15.3. The van der Waals surface area contributed by atoms with Gasteiger partial charge in [0.1, 0.15) is 6.04 Å². The van der Waals surface area contributed by atoms with Gasteiger partial charge in [0.2, 0.25) is 5.91 Å². The number of carbonyl (C=O) groups is 2. The zero-order valence-electron chi connectivity index (χ0n) is 15.3. The number of hydrogen-bond donors (Lipinski definition) is 1. The summed E-state index contributed by atoms with van der Waals surface area (Å²) in [5.74, 6) is 0.108. The number of hydrogen-bond acceptors (Lipinski definition) is 4. The number of amides is 1. The molecule has 0 spiro atoms. The molecule has 1 heterocycles. The first-order chi connectivity index (χ1) is 11.6. The van der Waals surface area contributed by atoms with Crippen LogP contribution in [0.2, 0.25) is 0 Å². The van der Waals surface area contributed by atoms with Crippen LogP contribution in [-0.4, -0.2) is 41.5 Å². The number of rotatable bonds is 9. The van der Waals surface area contributed by atoms with Gasteiger partial charge in [-0.1, -0.05) is 45.4 Å². The molecule has 24 heavy (non-hydrogen) atoms. The van der Waals surface area contributed by atoms with Crippen molar-refractivity contribution in [3.63, 3.8) is 0 Å². The van der Waals surface area contributed by atoms with Crippen molar-refractivity contribution in [3.8, 4) is 0 Å². The van der Waals surface area contributed by atoms with Crippen LogP contribution >= 0.6 is 0 Å². The van der Waals surface area contributed by atoms with Crippen LogP contribution in [0.1, 0.15) is 78.1 Å². The van der Waals surface area contributed by atoms with Crippen molar-refractivity contribution in [2.24, 2.45) is 11.7 Å². The highest BCUT2D eigenvalue weighted by Crippen LogP contribution is 2.41. The smallest absolute Gasteiger partial charge is 0.328 e. The number of nitrogens with zero attached hydrogens (tertiary/aromatic N) is 1. The highest BCUT2D eigenvalue weighted by atomic mass is 16.5. The maximum atomic E-state index is 12.5. The van der Waals surface area contributed by atoms with Crippen LogP contribution in [0, 0.1) is 5.92 Å². The topological polar surface area (TPSA) is 72.6 Å². The van der Waals surface area contributed by atoms with Crippen molar-refractivity contribution in [1.82, 2.24) is 4.90 Å². The Morgan fingerprint density at radius 3 is 2.58 bits per heavy atom. The molecule has 0 unspecified atom stereocenters. The summed E-state index contributed by atoms with van der Waals surface area (Å²) >= 11 is 0. The van der Waals surface area contributed by atoms with Crippen molar-refractivity contribution in [2.45, 2.75) is 96.2 Å². The minimum atomic E-state index is -0.557. The Hall–Kier alpha value is -1.10. The number of fused-ring (bicyclic) bond motifs is 1. The summed E-state index contributed by atoms with van der Waals surface area (Å²) < 4.78 is 5.48. The maximum Gasteiger partial charge on any atom is 0.328 e. The van der Waals surface area contributed by atoms with E-state index in [0.717, 1.165) is 38.5 Å². The average Bonchev–Trinajstić information content (AvgIpc) is 3.13. The summed E-state index contributed by atoms with van der Waals surface area (Å²) in [4.78, 5) is 26.7. The third kappa shape index (κ3) is 4.71. The number of nitrogens with two attached hydrogens (primary N) is 1. The van der Waals surface area contributed by atoms with E-state index in [-0.39, 0.29) is 17.9 Å². The molecule has 1 amide bonds. The van der Waals surface area contributed by atoms with E-state index in [1.165, 1.54) is 25.7 Å². The van der Waals surface area contributed by atoms with E-state index in [4.69, 9.17) is 10.5 Å². The lowest BCUT2D eigenvalue weighted by Crippen LogP contribution is -2.51. The molecular weight excluding hydrogens is 304 g/mol. The summed E-state index contributed by atoms with van der Waals surface area (Å²) in [5, 5.41) is 0. The number of unbranched alkanes of at least 4 members (excludes halogenated alkanes) is 5. The fraction of sp³-hybridized carbons (Fsp3) is 0.895. The Labute approximate surface area is 146 Å². The molecule has 5 heteroatoms. The third-order valence-corrected chi connectivity index (χ3v) is 5.50. The Kier molecular flexibility index (Phi) is 7.53. The first kappa shape index (κ1) is 19.2. The van der Waals surface area contributed by atoms with Crippen LogP contribution in [0.5, 0.6) is 0 Å². The second-order valence-corrected chi connectivity index (χ2v) is 7.48. The molecule has 2 rings (SSSR count). The lowest BCUT2D eigenvalue weighted by atomic mass is 10.0. The van der Waals surface area contributed by atoms with Crippen molar-refractivity contribution in [1.29, 1.82) is 0 Å². The lowest BCUT2D eigenvalue weighted by Gasteiger charge is -2.30. The van der Waals surface area contributed by atoms with E-state index >= 15 is 0 Å². The van der Waals surface area contributed by atoms with E-state index in [9.17, 15) is 9.59 Å². The van der Waals surface area contributed by atoms with Gasteiger partial charge in [-0.05, 0) is 38.5 Å². The highest BCUT2D eigenvalue weighted by molar-refractivity contribution is 5.88. The molecule has 138 valence electrons. The summed E-state index contributed by atoms with van der Waals surface area (Å²) in [7, 11) is 0. The van der Waals surface area contributed by atoms with E-state index in [2.05, 4.69) is 6.92 Å². The summed E-state index contributed by atoms with van der Waals surface area (Å²) in [6.07, 6.45) is 11.0. The van der Waals surface area contributed by atoms with Gasteiger partial charge >= 0.3 is 5.97 Å². The minimum absolute atomic E-state index is 0.106. The van der Waals surface area contributed by atoms with Gasteiger partial charge in [0.25, 0.3) is 0 Å². The van der Waals surface area contributed by atoms with Gasteiger partial charge in [0.05, 0.1) is 12.6 Å². The number of likely N-dealkylation sites (tertiary alicyclic amines) is 1. The Morgan fingerprint density at radius 1 is 1.17 bits per heavy atom. The van der Waals surface area contributed by atoms with Crippen molar-refractivity contribution < 1.29 is 14.3 Å². The molecule has 5 nitrogen and oxygen atoms in total. The number of carbonyl (C=O) groups excluding carboxylic acids is 2. The monoisotopic (exact) mass is 338 g/mol. The molecule has 0 aromatic carbocycles. The molecule has 1 saturated heterocycles. The van der Waals surface area contributed by atoms with Crippen molar-refractivity contribution in [3.05, 3.63) is 0 Å². The Bertz CT molecular complexity index is 425. The third-order valence-electron chi connectivity index (χ3n) is 5.50. The largest absolute Gasteiger partial charge is 0.464 e. The van der Waals surface area contributed by atoms with Gasteiger partial charge < -0.3 is 15.4 Å². The van der Waals surface area contributed by atoms with E-state index in [1.807, 2.05) is 0 Å². The fourth-order valence-electron chi connectivity index (χ4n) is 4.20. The first-order valence-electron chi connectivity index (χ1n) is 9.80. The van der Waals surface area contributed by atoms with E-state index in [0.29, 0.717) is 12.5 Å². The van der Waals surface area contributed by atoms with Gasteiger partial charge in [0.15, 0.2) is 0 Å². The Balaban J connectivity index is 1.80. The molecule has 4 atom stereocenters. The van der Waals surface area contributed by atoms with Gasteiger partial charge in [-0.15, -0.1) is 0 Å². The second kappa shape index (κ2) is 9.40. The van der Waals surface area contributed by atoms with Crippen LogP contribution < -0.4 is 5.73 Å². The predicted molar refractivity (Wildman–Crippen MR) is 94.4 cm³/mol. The number of esters is 1. The van der Waals surface area contributed by atoms with Gasteiger partial charge in [-0.2, -0.15) is 0 Å². The van der Waals surface area contributed by atoms with Crippen LogP contribution in [0.3, 0.4) is 0 Å². The molecule has 2 aliphatic rings. The highest BCUT2D eigenvalue weighted by Gasteiger charge is 2.49. The molecule has 1 saturated carbocycles. The molecule has 1 aliphatic carbocycles. The molecule has 1 aliphatic heterocycles. The van der Waals surface area contributed by atoms with E-state index < -0.39 is 12.1 Å². The molecule has 2 fully saturated rings. The minimum Gasteiger partial charge on any atom is -0.464 e. The van der Waals surface area contributed by atoms with Crippen molar-refractivity contribution in [2.75, 3.05) is 6.61 Å². The quantitative estimate of drug-likeness (QED) is 0.518. The Morgan fingerprint density at radius 2 is 1.88 bits per heavy atom. The second-order valence-electron chi connectivity index (χ2n) is 7.48. The normalized spacial score (nSPS) is 27.1. The number of ether oxygens (including phenoxy) is 1. The summed E-state index contributed by atoms with van der Waals surface area (Å²) in [6.45, 7) is 4.37. The maximum absolute atomic E-state index is 12.5. The average molecular weight is 338 g/mol.